The van der Waals surface area contributed by atoms with Crippen LogP contribution in [0.2, 0.25) is 0 Å². The lowest BCUT2D eigenvalue weighted by Crippen LogP contribution is -2.24. The minimum atomic E-state index is -0.0272. The number of aryl methyl sites for hydroxylation is 2. The molecule has 2 rings (SSSR count). The predicted octanol–water partition coefficient (Wildman–Crippen LogP) is 1.64. The lowest BCUT2D eigenvalue weighted by molar-refractivity contribution is 0.651. The number of aromatic nitrogens is 4. The summed E-state index contributed by atoms with van der Waals surface area (Å²) in [6.07, 6.45) is 4.60. The van der Waals surface area contributed by atoms with Gasteiger partial charge in [-0.2, -0.15) is 0 Å². The van der Waals surface area contributed by atoms with Gasteiger partial charge in [-0.15, -0.1) is 0 Å². The molecule has 0 amide bonds. The zero-order chi connectivity index (χ0) is 14.5. The van der Waals surface area contributed by atoms with E-state index in [1.807, 2.05) is 19.9 Å². The van der Waals surface area contributed by atoms with E-state index in [0.717, 1.165) is 24.5 Å². The number of nitrogens with zero attached hydrogens (tertiary/aromatic N) is 4. The first-order valence-electron chi connectivity index (χ1n) is 6.98. The average Bonchev–Trinajstić information content (AvgIpc) is 2.77. The van der Waals surface area contributed by atoms with Gasteiger partial charge in [0.2, 0.25) is 0 Å². The Morgan fingerprint density at radius 2 is 1.95 bits per heavy atom. The molecule has 2 aromatic rings. The molecule has 0 spiro atoms. The van der Waals surface area contributed by atoms with Crippen LogP contribution in [0.3, 0.4) is 0 Å². The highest BCUT2D eigenvalue weighted by atomic mass is 16.1. The van der Waals surface area contributed by atoms with Crippen molar-refractivity contribution in [1.82, 2.24) is 19.1 Å². The molecular formula is C14H21N5O. The predicted molar refractivity (Wildman–Crippen MR) is 79.0 cm³/mol. The Labute approximate surface area is 118 Å². The van der Waals surface area contributed by atoms with E-state index in [0.29, 0.717) is 18.9 Å². The van der Waals surface area contributed by atoms with E-state index in [4.69, 9.17) is 0 Å². The summed E-state index contributed by atoms with van der Waals surface area (Å²) in [6, 6.07) is 1.92. The average molecular weight is 275 g/mol. The number of imidazole rings is 1. The van der Waals surface area contributed by atoms with Crippen molar-refractivity contribution in [3.63, 3.8) is 0 Å². The van der Waals surface area contributed by atoms with Gasteiger partial charge < -0.3 is 5.32 Å². The van der Waals surface area contributed by atoms with Crippen molar-refractivity contribution in [3.8, 4) is 0 Å². The first kappa shape index (κ1) is 14.3. The van der Waals surface area contributed by atoms with Crippen molar-refractivity contribution in [2.75, 3.05) is 11.9 Å². The van der Waals surface area contributed by atoms with Crippen LogP contribution in [0.1, 0.15) is 31.8 Å². The normalized spacial score (nSPS) is 10.8. The molecule has 1 N–H and O–H groups in total. The lowest BCUT2D eigenvalue weighted by Gasteiger charge is -2.07. The fourth-order valence-electron chi connectivity index (χ4n) is 2.01. The Kier molecular flexibility index (Phi) is 4.55. The second-order valence-corrected chi connectivity index (χ2v) is 4.73. The van der Waals surface area contributed by atoms with Crippen LogP contribution in [0, 0.1) is 6.92 Å². The maximum absolute atomic E-state index is 12.0. The van der Waals surface area contributed by atoms with Gasteiger partial charge in [-0.25, -0.2) is 14.8 Å². The standard InChI is InChI=1S/C14H21N5O/c1-4-6-15-12-9-11(3)16-13(17-12)10-19-8-7-18(5-2)14(19)20/h7-9H,4-6,10H2,1-3H3,(H,15,16,17). The SMILES string of the molecule is CCCNc1cc(C)nc(Cn2ccn(CC)c2=O)n1. The minimum absolute atomic E-state index is 0.0272. The molecule has 0 radical (unpaired) electrons. The van der Waals surface area contributed by atoms with Crippen molar-refractivity contribution in [3.05, 3.63) is 40.5 Å². The zero-order valence-electron chi connectivity index (χ0n) is 12.3. The van der Waals surface area contributed by atoms with Crippen LogP contribution >= 0.6 is 0 Å². The van der Waals surface area contributed by atoms with Gasteiger partial charge in [-0.05, 0) is 20.3 Å². The number of rotatable bonds is 6. The lowest BCUT2D eigenvalue weighted by atomic mass is 10.4. The summed E-state index contributed by atoms with van der Waals surface area (Å²) < 4.78 is 3.29. The molecule has 0 atom stereocenters. The summed E-state index contributed by atoms with van der Waals surface area (Å²) in [4.78, 5) is 20.8. The van der Waals surface area contributed by atoms with E-state index in [1.54, 1.807) is 21.5 Å². The topological polar surface area (TPSA) is 64.7 Å². The third-order valence-electron chi connectivity index (χ3n) is 3.03. The van der Waals surface area contributed by atoms with Crippen LogP contribution in [0.5, 0.6) is 0 Å². The molecule has 20 heavy (non-hydrogen) atoms. The fraction of sp³-hybridized carbons (Fsp3) is 0.500. The summed E-state index contributed by atoms with van der Waals surface area (Å²) in [5, 5.41) is 3.25. The van der Waals surface area contributed by atoms with E-state index in [-0.39, 0.29) is 5.69 Å². The molecule has 108 valence electrons. The quantitative estimate of drug-likeness (QED) is 0.870. The number of nitrogens with one attached hydrogen (secondary N) is 1. The van der Waals surface area contributed by atoms with Crippen molar-refractivity contribution >= 4 is 5.82 Å². The van der Waals surface area contributed by atoms with E-state index in [2.05, 4.69) is 22.2 Å². The maximum atomic E-state index is 12.0. The van der Waals surface area contributed by atoms with Crippen molar-refractivity contribution in [1.29, 1.82) is 0 Å². The highest BCUT2D eigenvalue weighted by Gasteiger charge is 2.06. The smallest absolute Gasteiger partial charge is 0.328 e. The van der Waals surface area contributed by atoms with Gasteiger partial charge in [0, 0.05) is 37.2 Å². The molecule has 0 saturated carbocycles. The Balaban J connectivity index is 2.22. The van der Waals surface area contributed by atoms with Crippen LogP contribution in [0.25, 0.3) is 0 Å². The van der Waals surface area contributed by atoms with Crippen LogP contribution in [-0.4, -0.2) is 25.6 Å². The van der Waals surface area contributed by atoms with Gasteiger partial charge in [-0.3, -0.25) is 9.13 Å². The molecule has 0 aromatic carbocycles. The second kappa shape index (κ2) is 6.36. The number of anilines is 1. The highest BCUT2D eigenvalue weighted by Crippen LogP contribution is 2.07. The van der Waals surface area contributed by atoms with Crippen molar-refractivity contribution in [2.45, 2.75) is 40.3 Å². The van der Waals surface area contributed by atoms with Crippen LogP contribution in [0.4, 0.5) is 5.82 Å². The largest absolute Gasteiger partial charge is 0.370 e. The molecule has 2 heterocycles. The monoisotopic (exact) mass is 275 g/mol. The molecular weight excluding hydrogens is 254 g/mol. The Hall–Kier alpha value is -2.11. The molecule has 0 unspecified atom stereocenters. The van der Waals surface area contributed by atoms with Gasteiger partial charge in [0.1, 0.15) is 5.82 Å². The van der Waals surface area contributed by atoms with Crippen LogP contribution in [0.15, 0.2) is 23.3 Å². The molecule has 0 aliphatic carbocycles. The minimum Gasteiger partial charge on any atom is -0.370 e. The summed E-state index contributed by atoms with van der Waals surface area (Å²) >= 11 is 0. The van der Waals surface area contributed by atoms with Gasteiger partial charge in [-0.1, -0.05) is 6.92 Å². The Morgan fingerprint density at radius 1 is 1.20 bits per heavy atom. The fourth-order valence-corrected chi connectivity index (χ4v) is 2.01. The van der Waals surface area contributed by atoms with Crippen molar-refractivity contribution < 1.29 is 0 Å². The second-order valence-electron chi connectivity index (χ2n) is 4.73. The number of hydrogen-bond acceptors (Lipinski definition) is 4. The third kappa shape index (κ3) is 3.26. The Morgan fingerprint density at radius 3 is 2.60 bits per heavy atom. The molecule has 6 heteroatoms. The third-order valence-corrected chi connectivity index (χ3v) is 3.03. The molecule has 0 saturated heterocycles. The molecule has 0 aliphatic heterocycles. The maximum Gasteiger partial charge on any atom is 0.328 e. The summed E-state index contributed by atoms with van der Waals surface area (Å²) in [7, 11) is 0. The number of hydrogen-bond donors (Lipinski definition) is 1. The van der Waals surface area contributed by atoms with E-state index in [1.165, 1.54) is 0 Å². The summed E-state index contributed by atoms with van der Waals surface area (Å²) in [6.45, 7) is 7.93. The highest BCUT2D eigenvalue weighted by molar-refractivity contribution is 5.35. The van der Waals surface area contributed by atoms with E-state index >= 15 is 0 Å². The van der Waals surface area contributed by atoms with Gasteiger partial charge in [0.05, 0.1) is 6.54 Å². The van der Waals surface area contributed by atoms with Gasteiger partial charge in [0.15, 0.2) is 5.82 Å². The van der Waals surface area contributed by atoms with Gasteiger partial charge >= 0.3 is 5.69 Å². The van der Waals surface area contributed by atoms with E-state index < -0.39 is 0 Å². The van der Waals surface area contributed by atoms with Crippen LogP contribution < -0.4 is 11.0 Å². The van der Waals surface area contributed by atoms with Crippen molar-refractivity contribution in [2.24, 2.45) is 0 Å². The van der Waals surface area contributed by atoms with Gasteiger partial charge in [0.25, 0.3) is 0 Å². The zero-order valence-corrected chi connectivity index (χ0v) is 12.3. The summed E-state index contributed by atoms with van der Waals surface area (Å²) in [5.74, 6) is 1.47. The molecule has 0 fully saturated rings. The first-order valence-corrected chi connectivity index (χ1v) is 6.98. The molecule has 6 nitrogen and oxygen atoms in total. The summed E-state index contributed by atoms with van der Waals surface area (Å²) in [5.41, 5.74) is 0.872. The Bertz CT molecular complexity index is 629. The molecule has 2 aromatic heterocycles. The molecule has 0 aliphatic rings. The van der Waals surface area contributed by atoms with E-state index in [9.17, 15) is 4.79 Å². The molecule has 0 bridgehead atoms. The van der Waals surface area contributed by atoms with Crippen LogP contribution in [-0.2, 0) is 13.1 Å². The first-order chi connectivity index (χ1) is 9.63.